The van der Waals surface area contributed by atoms with Crippen LogP contribution in [0.4, 0.5) is 5.69 Å². The number of sulfonamides is 1. The third kappa shape index (κ3) is 2.70. The molecule has 0 bridgehead atoms. The summed E-state index contributed by atoms with van der Waals surface area (Å²) in [5.41, 5.74) is 0.820. The number of halogens is 1. The van der Waals surface area contributed by atoms with Crippen LogP contribution in [-0.2, 0) is 10.0 Å². The van der Waals surface area contributed by atoms with E-state index in [9.17, 15) is 8.42 Å². The maximum Gasteiger partial charge on any atom is 0.262 e. The van der Waals surface area contributed by atoms with Crippen molar-refractivity contribution in [3.63, 3.8) is 0 Å². The summed E-state index contributed by atoms with van der Waals surface area (Å²) >= 11 is 5.77. The van der Waals surface area contributed by atoms with Crippen molar-refractivity contribution in [1.29, 1.82) is 0 Å². The molecule has 2 aromatic heterocycles. The molecule has 0 radical (unpaired) electrons. The molecule has 21 heavy (non-hydrogen) atoms. The molecule has 0 unspecified atom stereocenters. The molecule has 3 aromatic rings. The Labute approximate surface area is 126 Å². The van der Waals surface area contributed by atoms with E-state index in [1.165, 1.54) is 28.8 Å². The number of benzene rings is 1. The topological polar surface area (TPSA) is 76.4 Å². The second kappa shape index (κ2) is 5.01. The number of nitrogens with one attached hydrogen (secondary N) is 1. The molecule has 0 fully saturated rings. The average molecular weight is 323 g/mol. The van der Waals surface area contributed by atoms with Crippen LogP contribution in [0.25, 0.3) is 5.65 Å². The van der Waals surface area contributed by atoms with E-state index < -0.39 is 10.0 Å². The van der Waals surface area contributed by atoms with Crippen LogP contribution in [-0.4, -0.2) is 23.0 Å². The zero-order valence-corrected chi connectivity index (χ0v) is 12.6. The molecule has 0 saturated carbocycles. The maximum atomic E-state index is 12.4. The quantitative estimate of drug-likeness (QED) is 0.803. The Morgan fingerprint density at radius 1 is 1.19 bits per heavy atom. The van der Waals surface area contributed by atoms with E-state index in [0.29, 0.717) is 22.2 Å². The Balaban J connectivity index is 2.03. The number of hydrogen-bond donors (Lipinski definition) is 1. The largest absolute Gasteiger partial charge is 0.276 e. The lowest BCUT2D eigenvalue weighted by Gasteiger charge is -2.08. The minimum atomic E-state index is -3.70. The molecule has 8 heteroatoms. The van der Waals surface area contributed by atoms with Gasteiger partial charge in [-0.2, -0.15) is 5.10 Å². The summed E-state index contributed by atoms with van der Waals surface area (Å²) < 4.78 is 28.7. The van der Waals surface area contributed by atoms with Gasteiger partial charge in [-0.25, -0.2) is 17.9 Å². The van der Waals surface area contributed by atoms with Crippen LogP contribution < -0.4 is 4.72 Å². The van der Waals surface area contributed by atoms with Gasteiger partial charge in [0, 0.05) is 11.2 Å². The molecule has 2 heterocycles. The molecule has 6 nitrogen and oxygen atoms in total. The Kier molecular flexibility index (Phi) is 3.30. The average Bonchev–Trinajstić information content (AvgIpc) is 2.80. The highest BCUT2D eigenvalue weighted by Gasteiger charge is 2.16. The van der Waals surface area contributed by atoms with Crippen LogP contribution in [0.3, 0.4) is 0 Å². The minimum Gasteiger partial charge on any atom is -0.276 e. The highest BCUT2D eigenvalue weighted by atomic mass is 35.5. The van der Waals surface area contributed by atoms with Crippen LogP contribution in [0.5, 0.6) is 0 Å². The molecular weight excluding hydrogens is 312 g/mol. The zero-order chi connectivity index (χ0) is 15.0. The fraction of sp³-hybridized carbons (Fsp3) is 0.0769. The Hall–Kier alpha value is -2.12. The van der Waals surface area contributed by atoms with E-state index in [0.717, 1.165) is 0 Å². The molecule has 0 aliphatic carbocycles. The number of anilines is 1. The molecule has 0 aliphatic rings. The minimum absolute atomic E-state index is 0.130. The van der Waals surface area contributed by atoms with Crippen molar-refractivity contribution in [1.82, 2.24) is 14.6 Å². The first kappa shape index (κ1) is 13.8. The smallest absolute Gasteiger partial charge is 0.262 e. The van der Waals surface area contributed by atoms with Gasteiger partial charge in [0.2, 0.25) is 0 Å². The predicted octanol–water partition coefficient (Wildman–Crippen LogP) is 2.49. The monoisotopic (exact) mass is 322 g/mol. The van der Waals surface area contributed by atoms with Gasteiger partial charge < -0.3 is 0 Å². The number of nitrogens with zero attached hydrogens (tertiary/aromatic N) is 3. The Morgan fingerprint density at radius 3 is 2.62 bits per heavy atom. The number of aromatic nitrogens is 3. The van der Waals surface area contributed by atoms with Gasteiger partial charge in [0.05, 0.1) is 10.6 Å². The molecule has 108 valence electrons. The van der Waals surface area contributed by atoms with E-state index >= 15 is 0 Å². The van der Waals surface area contributed by atoms with Gasteiger partial charge in [0.25, 0.3) is 10.0 Å². The first-order valence-electron chi connectivity index (χ1n) is 6.06. The molecular formula is C13H11ClN4O2S. The number of fused-ring (bicyclic) bond motifs is 1. The van der Waals surface area contributed by atoms with Gasteiger partial charge in [-0.05, 0) is 43.3 Å². The predicted molar refractivity (Wildman–Crippen MR) is 80.0 cm³/mol. The number of rotatable bonds is 3. The van der Waals surface area contributed by atoms with Gasteiger partial charge >= 0.3 is 0 Å². The van der Waals surface area contributed by atoms with Gasteiger partial charge in [-0.1, -0.05) is 11.6 Å². The summed E-state index contributed by atoms with van der Waals surface area (Å²) in [6, 6.07) is 9.27. The Morgan fingerprint density at radius 2 is 1.90 bits per heavy atom. The maximum absolute atomic E-state index is 12.4. The van der Waals surface area contributed by atoms with Crippen molar-refractivity contribution in [3.8, 4) is 0 Å². The first-order valence-corrected chi connectivity index (χ1v) is 7.92. The van der Waals surface area contributed by atoms with E-state index in [-0.39, 0.29) is 4.90 Å². The second-order valence-electron chi connectivity index (χ2n) is 4.41. The van der Waals surface area contributed by atoms with E-state index in [4.69, 9.17) is 11.6 Å². The summed E-state index contributed by atoms with van der Waals surface area (Å²) in [6.07, 6.45) is 1.70. The molecule has 1 aromatic carbocycles. The van der Waals surface area contributed by atoms with E-state index in [1.807, 2.05) is 0 Å². The van der Waals surface area contributed by atoms with Gasteiger partial charge in [-0.3, -0.25) is 4.72 Å². The SMILES string of the molecule is Cc1nc2c(NS(=O)(=O)c3ccc(Cl)cc3)cccn2n1. The zero-order valence-electron chi connectivity index (χ0n) is 11.0. The van der Waals surface area contributed by atoms with Crippen molar-refractivity contribution in [2.24, 2.45) is 0 Å². The molecule has 0 aliphatic heterocycles. The van der Waals surface area contributed by atoms with Crippen molar-refractivity contribution in [3.05, 3.63) is 53.4 Å². The summed E-state index contributed by atoms with van der Waals surface area (Å²) in [6.45, 7) is 1.74. The lowest BCUT2D eigenvalue weighted by Crippen LogP contribution is -2.13. The van der Waals surface area contributed by atoms with Crippen molar-refractivity contribution in [2.45, 2.75) is 11.8 Å². The first-order chi connectivity index (χ1) is 9.95. The summed E-state index contributed by atoms with van der Waals surface area (Å²) in [5.74, 6) is 0.563. The van der Waals surface area contributed by atoms with Crippen LogP contribution in [0.15, 0.2) is 47.5 Å². The van der Waals surface area contributed by atoms with E-state index in [2.05, 4.69) is 14.8 Å². The fourth-order valence-corrected chi connectivity index (χ4v) is 3.10. The number of aryl methyl sites for hydroxylation is 1. The normalized spacial score (nSPS) is 11.7. The summed E-state index contributed by atoms with van der Waals surface area (Å²) in [4.78, 5) is 4.34. The number of hydrogen-bond acceptors (Lipinski definition) is 4. The Bertz CT molecular complexity index is 904. The molecule has 3 rings (SSSR count). The molecule has 0 atom stereocenters. The van der Waals surface area contributed by atoms with Crippen molar-refractivity contribution < 1.29 is 8.42 Å². The fourth-order valence-electron chi connectivity index (χ4n) is 1.91. The molecule has 1 N–H and O–H groups in total. The van der Waals surface area contributed by atoms with E-state index in [1.54, 1.807) is 25.3 Å². The molecule has 0 spiro atoms. The third-order valence-electron chi connectivity index (χ3n) is 2.84. The second-order valence-corrected chi connectivity index (χ2v) is 6.53. The van der Waals surface area contributed by atoms with Crippen molar-refractivity contribution >= 4 is 33.0 Å². The highest BCUT2D eigenvalue weighted by Crippen LogP contribution is 2.21. The molecule has 0 saturated heterocycles. The third-order valence-corrected chi connectivity index (χ3v) is 4.47. The van der Waals surface area contributed by atoms with Gasteiger partial charge in [0.1, 0.15) is 5.82 Å². The molecule has 0 amide bonds. The van der Waals surface area contributed by atoms with Crippen molar-refractivity contribution in [2.75, 3.05) is 4.72 Å². The van der Waals surface area contributed by atoms with Crippen LogP contribution >= 0.6 is 11.6 Å². The summed E-state index contributed by atoms with van der Waals surface area (Å²) in [7, 11) is -3.70. The highest BCUT2D eigenvalue weighted by molar-refractivity contribution is 7.92. The summed E-state index contributed by atoms with van der Waals surface area (Å²) in [5, 5.41) is 4.62. The standard InChI is InChI=1S/C13H11ClN4O2S/c1-9-15-13-12(3-2-8-18(13)16-9)17-21(19,20)11-6-4-10(14)5-7-11/h2-8,17H,1H3. The van der Waals surface area contributed by atoms with Crippen LogP contribution in [0.1, 0.15) is 5.82 Å². The number of pyridine rings is 1. The lowest BCUT2D eigenvalue weighted by molar-refractivity contribution is 0.601. The van der Waals surface area contributed by atoms with Gasteiger partial charge in [0.15, 0.2) is 5.65 Å². The lowest BCUT2D eigenvalue weighted by atomic mass is 10.4. The van der Waals surface area contributed by atoms with Crippen LogP contribution in [0, 0.1) is 6.92 Å². The van der Waals surface area contributed by atoms with Crippen LogP contribution in [0.2, 0.25) is 5.02 Å². The van der Waals surface area contributed by atoms with Gasteiger partial charge in [-0.15, -0.1) is 0 Å².